The normalized spacial score (nSPS) is 11.6. The Hall–Kier alpha value is -1.56. The van der Waals surface area contributed by atoms with Crippen LogP contribution in [0.2, 0.25) is 0 Å². The Labute approximate surface area is 165 Å². The van der Waals surface area contributed by atoms with E-state index in [0.717, 1.165) is 5.56 Å². The summed E-state index contributed by atoms with van der Waals surface area (Å²) in [5, 5.41) is 8.42. The van der Waals surface area contributed by atoms with Crippen molar-refractivity contribution in [1.82, 2.24) is 0 Å². The third-order valence-electron chi connectivity index (χ3n) is 3.35. The number of carboxylic acids is 1. The Balaban J connectivity index is 1.90. The highest BCUT2D eigenvalue weighted by Crippen LogP contribution is 2.12. The van der Waals surface area contributed by atoms with Crippen LogP contribution in [0, 0.1) is 6.92 Å². The molecule has 0 aromatic heterocycles. The topological polar surface area (TPSA) is 118 Å². The van der Waals surface area contributed by atoms with Gasteiger partial charge in [-0.2, -0.15) is 8.42 Å². The smallest absolute Gasteiger partial charge is 0.305 e. The molecule has 9 nitrogen and oxygen atoms in total. The minimum atomic E-state index is -3.76. The van der Waals surface area contributed by atoms with E-state index < -0.39 is 16.1 Å². The third kappa shape index (κ3) is 12.0. The van der Waals surface area contributed by atoms with Gasteiger partial charge < -0.3 is 24.1 Å². The fourth-order valence-electron chi connectivity index (χ4n) is 1.90. The van der Waals surface area contributed by atoms with Crippen LogP contribution in [0.3, 0.4) is 0 Å². The Morgan fingerprint density at radius 1 is 0.786 bits per heavy atom. The van der Waals surface area contributed by atoms with Crippen LogP contribution in [-0.2, 0) is 38.0 Å². The van der Waals surface area contributed by atoms with Crippen LogP contribution in [0.5, 0.6) is 0 Å². The van der Waals surface area contributed by atoms with Gasteiger partial charge in [0.1, 0.15) is 0 Å². The van der Waals surface area contributed by atoms with Gasteiger partial charge in [-0.1, -0.05) is 17.7 Å². The summed E-state index contributed by atoms with van der Waals surface area (Å²) in [6.07, 6.45) is -0.0218. The molecule has 0 fully saturated rings. The summed E-state index contributed by atoms with van der Waals surface area (Å²) < 4.78 is 49.6. The third-order valence-corrected chi connectivity index (χ3v) is 4.68. The molecule has 0 aliphatic carbocycles. The van der Waals surface area contributed by atoms with E-state index in [4.69, 9.17) is 28.2 Å². The van der Waals surface area contributed by atoms with Gasteiger partial charge in [0.25, 0.3) is 10.1 Å². The van der Waals surface area contributed by atoms with Crippen LogP contribution >= 0.6 is 0 Å². The average Bonchev–Trinajstić information content (AvgIpc) is 2.65. The van der Waals surface area contributed by atoms with Gasteiger partial charge in [0, 0.05) is 0 Å². The number of aryl methyl sites for hydroxylation is 1. The van der Waals surface area contributed by atoms with Crippen LogP contribution in [0.4, 0.5) is 0 Å². The van der Waals surface area contributed by atoms with Crippen molar-refractivity contribution in [2.75, 3.05) is 59.5 Å². The van der Waals surface area contributed by atoms with Crippen molar-refractivity contribution in [1.29, 1.82) is 0 Å². The minimum Gasteiger partial charge on any atom is -0.481 e. The summed E-state index contributed by atoms with van der Waals surface area (Å²) in [4.78, 5) is 10.4. The number of benzene rings is 1. The number of ether oxygens (including phenoxy) is 4. The lowest BCUT2D eigenvalue weighted by Crippen LogP contribution is -2.15. The first-order chi connectivity index (χ1) is 13.4. The van der Waals surface area contributed by atoms with Crippen LogP contribution in [0.15, 0.2) is 29.2 Å². The number of carbonyl (C=O) groups is 1. The first-order valence-corrected chi connectivity index (χ1v) is 10.3. The van der Waals surface area contributed by atoms with E-state index in [-0.39, 0.29) is 31.1 Å². The Morgan fingerprint density at radius 3 is 1.68 bits per heavy atom. The molecule has 0 atom stereocenters. The van der Waals surface area contributed by atoms with E-state index in [2.05, 4.69) is 0 Å². The zero-order chi connectivity index (χ0) is 20.7. The van der Waals surface area contributed by atoms with Gasteiger partial charge in [-0.25, -0.2) is 0 Å². The lowest BCUT2D eigenvalue weighted by Gasteiger charge is -2.08. The molecule has 0 amide bonds. The van der Waals surface area contributed by atoms with Crippen molar-refractivity contribution in [3.8, 4) is 0 Å². The lowest BCUT2D eigenvalue weighted by molar-refractivity contribution is -0.138. The molecule has 0 aliphatic heterocycles. The zero-order valence-electron chi connectivity index (χ0n) is 16.0. The Bertz CT molecular complexity index is 644. The van der Waals surface area contributed by atoms with Crippen LogP contribution in [-0.4, -0.2) is 79.0 Å². The summed E-state index contributed by atoms with van der Waals surface area (Å²) in [6, 6.07) is 6.42. The van der Waals surface area contributed by atoms with Crippen LogP contribution in [0.25, 0.3) is 0 Å². The van der Waals surface area contributed by atoms with Crippen molar-refractivity contribution in [2.45, 2.75) is 18.2 Å². The fourth-order valence-corrected chi connectivity index (χ4v) is 2.79. The van der Waals surface area contributed by atoms with E-state index >= 15 is 0 Å². The van der Waals surface area contributed by atoms with Gasteiger partial charge in [0.05, 0.1) is 70.8 Å². The maximum absolute atomic E-state index is 11.9. The SMILES string of the molecule is Cc1ccc(S(=O)(=O)OCCOCCOCCOCCOCCC(=O)O)cc1. The van der Waals surface area contributed by atoms with E-state index in [1.54, 1.807) is 12.1 Å². The second-order valence-corrected chi connectivity index (χ2v) is 7.30. The molecule has 10 heteroatoms. The molecule has 0 unspecified atom stereocenters. The first-order valence-electron chi connectivity index (χ1n) is 8.90. The minimum absolute atomic E-state index is 0.0218. The standard InChI is InChI=1S/C18H28O9S/c1-16-2-4-17(5-3-16)28(21,22)27-15-14-26-13-12-25-11-10-24-9-8-23-7-6-18(19)20/h2-5H,6-15H2,1H3,(H,19,20). The number of aliphatic carboxylic acids is 1. The molecule has 1 N–H and O–H groups in total. The molecule has 0 heterocycles. The van der Waals surface area contributed by atoms with E-state index in [0.29, 0.717) is 39.6 Å². The molecule has 160 valence electrons. The van der Waals surface area contributed by atoms with E-state index in [1.807, 2.05) is 6.92 Å². The Morgan fingerprint density at radius 2 is 1.21 bits per heavy atom. The van der Waals surface area contributed by atoms with Crippen molar-refractivity contribution >= 4 is 16.1 Å². The number of rotatable bonds is 17. The summed E-state index contributed by atoms with van der Waals surface area (Å²) >= 11 is 0. The number of hydrogen-bond donors (Lipinski definition) is 1. The molecule has 0 saturated heterocycles. The molecule has 1 aromatic carbocycles. The van der Waals surface area contributed by atoms with Crippen molar-refractivity contribution in [3.63, 3.8) is 0 Å². The summed E-state index contributed by atoms with van der Waals surface area (Å²) in [5.74, 6) is -0.893. The molecule has 0 aliphatic rings. The van der Waals surface area contributed by atoms with Crippen LogP contribution < -0.4 is 0 Å². The highest BCUT2D eigenvalue weighted by atomic mass is 32.2. The first kappa shape index (κ1) is 24.5. The number of hydrogen-bond acceptors (Lipinski definition) is 8. The van der Waals surface area contributed by atoms with Crippen molar-refractivity contribution in [3.05, 3.63) is 29.8 Å². The average molecular weight is 420 g/mol. The van der Waals surface area contributed by atoms with Gasteiger partial charge >= 0.3 is 5.97 Å². The predicted molar refractivity (Wildman–Crippen MR) is 99.8 cm³/mol. The largest absolute Gasteiger partial charge is 0.481 e. The molecular formula is C18H28O9S. The maximum atomic E-state index is 11.9. The summed E-state index contributed by atoms with van der Waals surface area (Å²) in [5.41, 5.74) is 0.969. The second kappa shape index (κ2) is 14.4. The Kier molecular flexibility index (Phi) is 12.6. The van der Waals surface area contributed by atoms with Gasteiger partial charge in [0.15, 0.2) is 0 Å². The molecule has 0 bridgehead atoms. The summed E-state index contributed by atoms with van der Waals surface area (Å²) in [7, 11) is -3.76. The van der Waals surface area contributed by atoms with E-state index in [9.17, 15) is 13.2 Å². The number of carboxylic acid groups (broad SMARTS) is 1. The highest BCUT2D eigenvalue weighted by Gasteiger charge is 2.14. The van der Waals surface area contributed by atoms with Gasteiger partial charge in [-0.3, -0.25) is 8.98 Å². The quantitative estimate of drug-likeness (QED) is 0.293. The maximum Gasteiger partial charge on any atom is 0.305 e. The molecule has 1 rings (SSSR count). The molecule has 28 heavy (non-hydrogen) atoms. The van der Waals surface area contributed by atoms with Gasteiger partial charge in [-0.15, -0.1) is 0 Å². The van der Waals surface area contributed by atoms with Crippen molar-refractivity contribution < 1.29 is 41.4 Å². The lowest BCUT2D eigenvalue weighted by atomic mass is 10.2. The summed E-state index contributed by atoms with van der Waals surface area (Å²) in [6.45, 7) is 4.25. The molecule has 0 spiro atoms. The van der Waals surface area contributed by atoms with E-state index in [1.165, 1.54) is 12.1 Å². The molecular weight excluding hydrogens is 392 g/mol. The van der Waals surface area contributed by atoms with Crippen LogP contribution in [0.1, 0.15) is 12.0 Å². The van der Waals surface area contributed by atoms with Gasteiger partial charge in [0.2, 0.25) is 0 Å². The predicted octanol–water partition coefficient (Wildman–Crippen LogP) is 1.24. The fraction of sp³-hybridized carbons (Fsp3) is 0.611. The van der Waals surface area contributed by atoms with Gasteiger partial charge in [-0.05, 0) is 19.1 Å². The highest BCUT2D eigenvalue weighted by molar-refractivity contribution is 7.86. The molecule has 0 radical (unpaired) electrons. The molecule has 0 saturated carbocycles. The second-order valence-electron chi connectivity index (χ2n) is 5.68. The van der Waals surface area contributed by atoms with Crippen molar-refractivity contribution in [2.24, 2.45) is 0 Å². The molecule has 1 aromatic rings. The monoisotopic (exact) mass is 420 g/mol. The zero-order valence-corrected chi connectivity index (χ0v) is 16.8.